The van der Waals surface area contributed by atoms with E-state index in [2.05, 4.69) is 28.6 Å². The molecule has 3 rings (SSSR count). The summed E-state index contributed by atoms with van der Waals surface area (Å²) in [6.45, 7) is 2.54. The number of nitrogens with one attached hydrogen (secondary N) is 2. The Morgan fingerprint density at radius 1 is 1.12 bits per heavy atom. The Hall–Kier alpha value is -2.30. The second-order valence-electron chi connectivity index (χ2n) is 6.48. The van der Waals surface area contributed by atoms with Crippen molar-refractivity contribution in [3.05, 3.63) is 71.9 Å². The van der Waals surface area contributed by atoms with Gasteiger partial charge in [-0.3, -0.25) is 4.79 Å². The molecule has 0 spiro atoms. The van der Waals surface area contributed by atoms with Crippen LogP contribution in [0.4, 0.5) is 0 Å². The average molecular weight is 372 g/mol. The standard InChI is InChI=1S/C21H25N3O.ClH/c1-15(20(22)16-8-3-2-4-9-16)21(25)23-13-7-10-17-14-24-19-12-6-5-11-18(17)19;/h2-6,8-9,11-12,14-15,20,24H,7,10,13,22H2,1H3,(H,23,25);1H. The minimum absolute atomic E-state index is 0. The molecule has 26 heavy (non-hydrogen) atoms. The number of fused-ring (bicyclic) bond motifs is 1. The Morgan fingerprint density at radius 3 is 2.58 bits per heavy atom. The van der Waals surface area contributed by atoms with Crippen LogP contribution in [0.5, 0.6) is 0 Å². The molecule has 4 N–H and O–H groups in total. The maximum atomic E-state index is 12.3. The summed E-state index contributed by atoms with van der Waals surface area (Å²) in [7, 11) is 0. The van der Waals surface area contributed by atoms with E-state index >= 15 is 0 Å². The third-order valence-electron chi connectivity index (χ3n) is 4.73. The summed E-state index contributed by atoms with van der Waals surface area (Å²) in [5.41, 5.74) is 9.65. The van der Waals surface area contributed by atoms with Crippen molar-refractivity contribution in [3.63, 3.8) is 0 Å². The van der Waals surface area contributed by atoms with Crippen LogP contribution in [0, 0.1) is 5.92 Å². The van der Waals surface area contributed by atoms with Crippen molar-refractivity contribution < 1.29 is 4.79 Å². The molecule has 0 aliphatic rings. The zero-order chi connectivity index (χ0) is 17.6. The first-order valence-electron chi connectivity index (χ1n) is 8.80. The van der Waals surface area contributed by atoms with Gasteiger partial charge in [-0.15, -0.1) is 12.4 Å². The molecule has 0 radical (unpaired) electrons. The van der Waals surface area contributed by atoms with Crippen molar-refractivity contribution in [2.45, 2.75) is 25.8 Å². The number of carbonyl (C=O) groups is 1. The van der Waals surface area contributed by atoms with Crippen molar-refractivity contribution in [1.29, 1.82) is 0 Å². The van der Waals surface area contributed by atoms with Crippen LogP contribution in [0.25, 0.3) is 10.9 Å². The maximum absolute atomic E-state index is 12.3. The number of hydrogen-bond acceptors (Lipinski definition) is 2. The Kier molecular flexibility index (Phi) is 7.25. The molecular formula is C21H26ClN3O. The third-order valence-corrected chi connectivity index (χ3v) is 4.73. The number of amides is 1. The van der Waals surface area contributed by atoms with Crippen molar-refractivity contribution in [1.82, 2.24) is 10.3 Å². The summed E-state index contributed by atoms with van der Waals surface area (Å²) < 4.78 is 0. The Labute approximate surface area is 160 Å². The lowest BCUT2D eigenvalue weighted by Crippen LogP contribution is -2.36. The molecule has 3 aromatic rings. The van der Waals surface area contributed by atoms with Gasteiger partial charge in [0, 0.05) is 29.7 Å². The lowest BCUT2D eigenvalue weighted by atomic mass is 9.94. The quantitative estimate of drug-likeness (QED) is 0.550. The van der Waals surface area contributed by atoms with Crippen LogP contribution in [0.15, 0.2) is 60.8 Å². The minimum atomic E-state index is -0.283. The second-order valence-corrected chi connectivity index (χ2v) is 6.48. The summed E-state index contributed by atoms with van der Waals surface area (Å²) in [6.07, 6.45) is 3.89. The smallest absolute Gasteiger partial charge is 0.224 e. The number of hydrogen-bond donors (Lipinski definition) is 3. The number of H-pyrrole nitrogens is 1. The SMILES string of the molecule is CC(C(=O)NCCCc1c[nH]c2ccccc12)C(N)c1ccccc1.Cl. The zero-order valence-electron chi connectivity index (χ0n) is 14.9. The molecule has 0 saturated carbocycles. The highest BCUT2D eigenvalue weighted by Gasteiger charge is 2.21. The number of carbonyl (C=O) groups excluding carboxylic acids is 1. The molecule has 0 aliphatic carbocycles. The molecule has 1 aromatic heterocycles. The number of rotatable bonds is 7. The molecule has 2 aromatic carbocycles. The largest absolute Gasteiger partial charge is 0.361 e. The normalized spacial score (nSPS) is 13.0. The lowest BCUT2D eigenvalue weighted by molar-refractivity contribution is -0.125. The van der Waals surface area contributed by atoms with E-state index in [1.54, 1.807) is 0 Å². The lowest BCUT2D eigenvalue weighted by Gasteiger charge is -2.19. The monoisotopic (exact) mass is 371 g/mol. The van der Waals surface area contributed by atoms with E-state index in [0.29, 0.717) is 6.54 Å². The fourth-order valence-electron chi connectivity index (χ4n) is 3.12. The molecule has 2 atom stereocenters. The Bertz CT molecular complexity index is 831. The molecule has 0 fully saturated rings. The average Bonchev–Trinajstić information content (AvgIpc) is 3.07. The summed E-state index contributed by atoms with van der Waals surface area (Å²) in [4.78, 5) is 15.6. The molecule has 0 aliphatic heterocycles. The fraction of sp³-hybridized carbons (Fsp3) is 0.286. The minimum Gasteiger partial charge on any atom is -0.361 e. The summed E-state index contributed by atoms with van der Waals surface area (Å²) in [5, 5.41) is 4.27. The van der Waals surface area contributed by atoms with Gasteiger partial charge in [-0.1, -0.05) is 55.5 Å². The third kappa shape index (κ3) is 4.65. The summed E-state index contributed by atoms with van der Waals surface area (Å²) in [6, 6.07) is 17.8. The van der Waals surface area contributed by atoms with Gasteiger partial charge in [-0.05, 0) is 30.0 Å². The highest BCUT2D eigenvalue weighted by molar-refractivity contribution is 5.85. The van der Waals surface area contributed by atoms with Gasteiger partial charge in [0.15, 0.2) is 0 Å². The molecular weight excluding hydrogens is 346 g/mol. The molecule has 2 unspecified atom stereocenters. The molecule has 138 valence electrons. The first-order chi connectivity index (χ1) is 12.2. The number of aromatic nitrogens is 1. The van der Waals surface area contributed by atoms with E-state index in [9.17, 15) is 4.79 Å². The van der Waals surface area contributed by atoms with Gasteiger partial charge in [0.1, 0.15) is 0 Å². The van der Waals surface area contributed by atoms with Gasteiger partial charge in [0.05, 0.1) is 5.92 Å². The second kappa shape index (κ2) is 9.41. The van der Waals surface area contributed by atoms with Crippen molar-refractivity contribution in [2.24, 2.45) is 11.7 Å². The first kappa shape index (κ1) is 20.0. The summed E-state index contributed by atoms with van der Waals surface area (Å²) in [5.74, 6) is -0.245. The van der Waals surface area contributed by atoms with E-state index in [0.717, 1.165) is 23.9 Å². The van der Waals surface area contributed by atoms with E-state index in [-0.39, 0.29) is 30.3 Å². The van der Waals surface area contributed by atoms with Crippen molar-refractivity contribution >= 4 is 29.2 Å². The van der Waals surface area contributed by atoms with Gasteiger partial charge in [-0.25, -0.2) is 0 Å². The van der Waals surface area contributed by atoms with Crippen LogP contribution in [-0.4, -0.2) is 17.4 Å². The number of nitrogens with two attached hydrogens (primary N) is 1. The van der Waals surface area contributed by atoms with Gasteiger partial charge in [-0.2, -0.15) is 0 Å². The van der Waals surface area contributed by atoms with Gasteiger partial charge in [0.2, 0.25) is 5.91 Å². The van der Waals surface area contributed by atoms with E-state index in [1.165, 1.54) is 10.9 Å². The van der Waals surface area contributed by atoms with E-state index < -0.39 is 0 Å². The maximum Gasteiger partial charge on any atom is 0.224 e. The van der Waals surface area contributed by atoms with E-state index in [4.69, 9.17) is 5.73 Å². The molecule has 5 heteroatoms. The van der Waals surface area contributed by atoms with E-state index in [1.807, 2.05) is 49.4 Å². The molecule has 4 nitrogen and oxygen atoms in total. The van der Waals surface area contributed by atoms with Gasteiger partial charge in [0.25, 0.3) is 0 Å². The number of benzene rings is 2. The van der Waals surface area contributed by atoms with Gasteiger partial charge >= 0.3 is 0 Å². The van der Waals surface area contributed by atoms with Crippen molar-refractivity contribution in [2.75, 3.05) is 6.54 Å². The number of halogens is 1. The highest BCUT2D eigenvalue weighted by atomic mass is 35.5. The molecule has 0 bridgehead atoms. The van der Waals surface area contributed by atoms with Crippen molar-refractivity contribution in [3.8, 4) is 0 Å². The molecule has 1 amide bonds. The Morgan fingerprint density at radius 2 is 1.81 bits per heavy atom. The molecule has 0 saturated heterocycles. The van der Waals surface area contributed by atoms with Gasteiger partial charge < -0.3 is 16.0 Å². The molecule has 1 heterocycles. The topological polar surface area (TPSA) is 70.9 Å². The first-order valence-corrected chi connectivity index (χ1v) is 8.80. The van der Waals surface area contributed by atoms with Crippen LogP contribution in [0.3, 0.4) is 0 Å². The van der Waals surface area contributed by atoms with Crippen LogP contribution < -0.4 is 11.1 Å². The van der Waals surface area contributed by atoms with Crippen LogP contribution in [0.2, 0.25) is 0 Å². The van der Waals surface area contributed by atoms with Crippen LogP contribution in [0.1, 0.15) is 30.5 Å². The number of aryl methyl sites for hydroxylation is 1. The number of aromatic amines is 1. The van der Waals surface area contributed by atoms with Crippen LogP contribution >= 0.6 is 12.4 Å². The fourth-order valence-corrected chi connectivity index (χ4v) is 3.12. The van der Waals surface area contributed by atoms with Crippen LogP contribution in [-0.2, 0) is 11.2 Å². The highest BCUT2D eigenvalue weighted by Crippen LogP contribution is 2.20. The number of para-hydroxylation sites is 1. The predicted molar refractivity (Wildman–Crippen MR) is 109 cm³/mol. The zero-order valence-corrected chi connectivity index (χ0v) is 15.8. The summed E-state index contributed by atoms with van der Waals surface area (Å²) >= 11 is 0. The Balaban J connectivity index is 0.00000243. The predicted octanol–water partition coefficient (Wildman–Crippen LogP) is 3.97.